The maximum absolute atomic E-state index is 7.20. The minimum absolute atomic E-state index is 0.474. The van der Waals surface area contributed by atoms with Gasteiger partial charge in [-0.15, -0.1) is 0 Å². The van der Waals surface area contributed by atoms with Crippen LogP contribution in [0.2, 0.25) is 0 Å². The van der Waals surface area contributed by atoms with Crippen LogP contribution in [-0.4, -0.2) is 25.6 Å². The lowest BCUT2D eigenvalue weighted by Crippen LogP contribution is -2.14. The Hall–Kier alpha value is -1.32. The highest BCUT2D eigenvalue weighted by molar-refractivity contribution is 6.31. The van der Waals surface area contributed by atoms with Gasteiger partial charge in [0, 0.05) is 30.2 Å². The molecule has 14 heavy (non-hydrogen) atoms. The Kier molecular flexibility index (Phi) is 3.68. The SMILES string of the molecule is [B]c1cc(NCC(C)C)c(C=N)cn1. The minimum Gasteiger partial charge on any atom is -0.384 e. The largest absolute Gasteiger partial charge is 0.384 e. The average molecular weight is 187 g/mol. The highest BCUT2D eigenvalue weighted by Crippen LogP contribution is 2.10. The zero-order valence-corrected chi connectivity index (χ0v) is 8.54. The summed E-state index contributed by atoms with van der Waals surface area (Å²) >= 11 is 0. The number of pyridine rings is 1. The normalized spacial score (nSPS) is 10.2. The summed E-state index contributed by atoms with van der Waals surface area (Å²) in [5.74, 6) is 0.558. The van der Waals surface area contributed by atoms with Crippen LogP contribution in [0.3, 0.4) is 0 Å². The van der Waals surface area contributed by atoms with E-state index in [1.807, 2.05) is 0 Å². The molecule has 0 fully saturated rings. The zero-order chi connectivity index (χ0) is 10.6. The molecule has 0 amide bonds. The molecular formula is C10H14BN3. The van der Waals surface area contributed by atoms with E-state index < -0.39 is 0 Å². The van der Waals surface area contributed by atoms with Crippen LogP contribution in [0.15, 0.2) is 12.3 Å². The van der Waals surface area contributed by atoms with Crippen LogP contribution in [-0.2, 0) is 0 Å². The average Bonchev–Trinajstić information content (AvgIpc) is 2.15. The van der Waals surface area contributed by atoms with E-state index in [4.69, 9.17) is 13.3 Å². The van der Waals surface area contributed by atoms with E-state index in [0.717, 1.165) is 17.8 Å². The van der Waals surface area contributed by atoms with Gasteiger partial charge in [0.25, 0.3) is 0 Å². The molecule has 0 saturated heterocycles. The van der Waals surface area contributed by atoms with Gasteiger partial charge in [-0.25, -0.2) is 0 Å². The van der Waals surface area contributed by atoms with Gasteiger partial charge in [-0.05, 0) is 17.6 Å². The molecule has 0 aliphatic carbocycles. The summed E-state index contributed by atoms with van der Waals surface area (Å²) in [6, 6.07) is 1.75. The second kappa shape index (κ2) is 4.79. The van der Waals surface area contributed by atoms with Crippen LogP contribution < -0.4 is 10.9 Å². The van der Waals surface area contributed by atoms with Gasteiger partial charge in [-0.1, -0.05) is 13.8 Å². The number of rotatable bonds is 4. The minimum atomic E-state index is 0.474. The van der Waals surface area contributed by atoms with Gasteiger partial charge in [0.15, 0.2) is 0 Å². The van der Waals surface area contributed by atoms with Crippen LogP contribution in [0.4, 0.5) is 5.69 Å². The highest BCUT2D eigenvalue weighted by Gasteiger charge is 2.01. The first kappa shape index (κ1) is 10.8. The van der Waals surface area contributed by atoms with Gasteiger partial charge >= 0.3 is 0 Å². The summed E-state index contributed by atoms with van der Waals surface area (Å²) < 4.78 is 0. The molecule has 0 bridgehead atoms. The third-order valence-electron chi connectivity index (χ3n) is 1.81. The van der Waals surface area contributed by atoms with E-state index in [-0.39, 0.29) is 0 Å². The molecule has 1 heterocycles. The molecule has 2 radical (unpaired) electrons. The molecule has 1 aromatic rings. The van der Waals surface area contributed by atoms with Crippen molar-refractivity contribution in [1.29, 1.82) is 5.41 Å². The topological polar surface area (TPSA) is 48.8 Å². The van der Waals surface area contributed by atoms with E-state index in [1.165, 1.54) is 6.21 Å². The Bertz CT molecular complexity index is 323. The van der Waals surface area contributed by atoms with Crippen LogP contribution >= 0.6 is 0 Å². The molecular weight excluding hydrogens is 173 g/mol. The standard InChI is InChI=1S/C10H14BN3/c1-7(2)5-13-9-3-10(11)14-6-8(9)4-12/h3-4,6-7,12H,5H2,1-2H3,(H,13,14). The van der Waals surface area contributed by atoms with Crippen molar-refractivity contribution in [2.45, 2.75) is 13.8 Å². The zero-order valence-electron chi connectivity index (χ0n) is 8.54. The van der Waals surface area contributed by atoms with Crippen molar-refractivity contribution >= 4 is 25.3 Å². The van der Waals surface area contributed by atoms with Crippen molar-refractivity contribution in [2.24, 2.45) is 5.92 Å². The molecule has 0 aliphatic rings. The molecule has 0 saturated carbocycles. The number of anilines is 1. The highest BCUT2D eigenvalue weighted by atomic mass is 14.9. The molecule has 3 nitrogen and oxygen atoms in total. The second-order valence-corrected chi connectivity index (χ2v) is 3.62. The van der Waals surface area contributed by atoms with Crippen LogP contribution in [0.25, 0.3) is 0 Å². The fourth-order valence-corrected chi connectivity index (χ4v) is 1.06. The summed E-state index contributed by atoms with van der Waals surface area (Å²) in [4.78, 5) is 3.92. The van der Waals surface area contributed by atoms with E-state index in [0.29, 0.717) is 11.5 Å². The lowest BCUT2D eigenvalue weighted by molar-refractivity contribution is 0.689. The number of aromatic nitrogens is 1. The van der Waals surface area contributed by atoms with Crippen molar-refractivity contribution in [3.05, 3.63) is 17.8 Å². The Labute approximate surface area is 85.9 Å². The van der Waals surface area contributed by atoms with Crippen molar-refractivity contribution in [1.82, 2.24) is 4.98 Å². The predicted molar refractivity (Wildman–Crippen MR) is 60.8 cm³/mol. The van der Waals surface area contributed by atoms with E-state index in [9.17, 15) is 0 Å². The Balaban J connectivity index is 2.82. The van der Waals surface area contributed by atoms with Crippen molar-refractivity contribution in [3.63, 3.8) is 0 Å². The van der Waals surface area contributed by atoms with Crippen LogP contribution in [0.5, 0.6) is 0 Å². The van der Waals surface area contributed by atoms with Crippen molar-refractivity contribution in [2.75, 3.05) is 11.9 Å². The molecule has 0 aromatic carbocycles. The van der Waals surface area contributed by atoms with Gasteiger partial charge in [0.05, 0.1) is 0 Å². The first-order chi connectivity index (χ1) is 6.63. The maximum atomic E-state index is 7.20. The Morgan fingerprint density at radius 3 is 2.93 bits per heavy atom. The molecule has 1 rings (SSSR count). The van der Waals surface area contributed by atoms with E-state index >= 15 is 0 Å². The molecule has 0 spiro atoms. The fourth-order valence-electron chi connectivity index (χ4n) is 1.06. The Morgan fingerprint density at radius 1 is 1.64 bits per heavy atom. The lowest BCUT2D eigenvalue weighted by Gasteiger charge is -2.11. The summed E-state index contributed by atoms with van der Waals surface area (Å²) in [7, 11) is 5.56. The third-order valence-corrected chi connectivity index (χ3v) is 1.81. The van der Waals surface area contributed by atoms with E-state index in [2.05, 4.69) is 24.1 Å². The van der Waals surface area contributed by atoms with Gasteiger partial charge in [0.2, 0.25) is 0 Å². The monoisotopic (exact) mass is 187 g/mol. The second-order valence-electron chi connectivity index (χ2n) is 3.62. The first-order valence-corrected chi connectivity index (χ1v) is 4.63. The predicted octanol–water partition coefficient (Wildman–Crippen LogP) is 0.941. The maximum Gasteiger partial charge on any atom is 0.141 e. The van der Waals surface area contributed by atoms with Gasteiger partial charge < -0.3 is 10.7 Å². The van der Waals surface area contributed by atoms with E-state index in [1.54, 1.807) is 12.3 Å². The van der Waals surface area contributed by atoms with Gasteiger partial charge in [0.1, 0.15) is 7.85 Å². The lowest BCUT2D eigenvalue weighted by atomic mass is 10.0. The molecule has 0 unspecified atom stereocenters. The molecule has 0 atom stereocenters. The van der Waals surface area contributed by atoms with Crippen molar-refractivity contribution < 1.29 is 0 Å². The fraction of sp³-hybridized carbons (Fsp3) is 0.400. The first-order valence-electron chi connectivity index (χ1n) is 4.63. The number of hydrogen-bond donors (Lipinski definition) is 2. The summed E-state index contributed by atoms with van der Waals surface area (Å²) in [5.41, 5.74) is 2.11. The number of nitrogens with one attached hydrogen (secondary N) is 2. The smallest absolute Gasteiger partial charge is 0.141 e. The van der Waals surface area contributed by atoms with Gasteiger partial charge in [-0.3, -0.25) is 4.98 Å². The molecule has 2 N–H and O–H groups in total. The Morgan fingerprint density at radius 2 is 2.36 bits per heavy atom. The molecule has 0 aliphatic heterocycles. The molecule has 1 aromatic heterocycles. The van der Waals surface area contributed by atoms with Gasteiger partial charge in [-0.2, -0.15) is 0 Å². The van der Waals surface area contributed by atoms with Crippen LogP contribution in [0.1, 0.15) is 19.4 Å². The summed E-state index contributed by atoms with van der Waals surface area (Å²) in [6.07, 6.45) is 2.88. The van der Waals surface area contributed by atoms with Crippen LogP contribution in [0, 0.1) is 11.3 Å². The summed E-state index contributed by atoms with van der Waals surface area (Å²) in [5, 5.41) is 10.4. The third kappa shape index (κ3) is 2.87. The molecule has 4 heteroatoms. The summed E-state index contributed by atoms with van der Waals surface area (Å²) in [6.45, 7) is 5.12. The van der Waals surface area contributed by atoms with Crippen molar-refractivity contribution in [3.8, 4) is 0 Å². The quantitative estimate of drug-likeness (QED) is 0.544. The number of nitrogens with zero attached hydrogens (tertiary/aromatic N) is 1. The number of hydrogen-bond acceptors (Lipinski definition) is 3. The molecule has 72 valence electrons.